The summed E-state index contributed by atoms with van der Waals surface area (Å²) in [7, 11) is 0. The van der Waals surface area contributed by atoms with Crippen molar-refractivity contribution in [2.75, 3.05) is 13.1 Å². The van der Waals surface area contributed by atoms with Crippen LogP contribution in [0.15, 0.2) is 0 Å². The lowest BCUT2D eigenvalue weighted by Crippen LogP contribution is -2.61. The van der Waals surface area contributed by atoms with Gasteiger partial charge >= 0.3 is 0 Å². The zero-order valence-corrected chi connectivity index (χ0v) is 11.1. The summed E-state index contributed by atoms with van der Waals surface area (Å²) in [5, 5.41) is 0. The second-order valence-corrected chi connectivity index (χ2v) is 7.27. The highest BCUT2D eigenvalue weighted by molar-refractivity contribution is 5.03. The van der Waals surface area contributed by atoms with Gasteiger partial charge in [0.1, 0.15) is 0 Å². The third-order valence-electron chi connectivity index (χ3n) is 4.68. The van der Waals surface area contributed by atoms with Crippen molar-refractivity contribution in [2.45, 2.75) is 59.4 Å². The SMILES string of the molecule is CC(C)C1CCC2(C1)CN(C(C)(C)C)C2. The lowest BCUT2D eigenvalue weighted by Gasteiger charge is -2.55. The molecule has 0 aromatic carbocycles. The third-order valence-corrected chi connectivity index (χ3v) is 4.68. The standard InChI is InChI=1S/C14H27N/c1-11(2)12-6-7-14(8-12)9-15(10-14)13(3,4)5/h11-12H,6-10H2,1-5H3. The van der Waals surface area contributed by atoms with Gasteiger partial charge in [-0.1, -0.05) is 13.8 Å². The predicted octanol–water partition coefficient (Wildman–Crippen LogP) is 3.54. The lowest BCUT2D eigenvalue weighted by atomic mass is 9.74. The molecule has 2 aliphatic rings. The van der Waals surface area contributed by atoms with Crippen LogP contribution in [0.5, 0.6) is 0 Å². The van der Waals surface area contributed by atoms with Gasteiger partial charge in [0.25, 0.3) is 0 Å². The minimum absolute atomic E-state index is 0.390. The van der Waals surface area contributed by atoms with Gasteiger partial charge in [0.15, 0.2) is 0 Å². The van der Waals surface area contributed by atoms with Crippen molar-refractivity contribution in [3.63, 3.8) is 0 Å². The van der Waals surface area contributed by atoms with E-state index in [0.29, 0.717) is 5.54 Å². The molecule has 15 heavy (non-hydrogen) atoms. The molecule has 1 unspecified atom stereocenters. The molecule has 1 aliphatic heterocycles. The van der Waals surface area contributed by atoms with Crippen molar-refractivity contribution in [3.8, 4) is 0 Å². The lowest BCUT2D eigenvalue weighted by molar-refractivity contribution is -0.0577. The molecular weight excluding hydrogens is 182 g/mol. The first-order valence-corrected chi connectivity index (χ1v) is 6.57. The van der Waals surface area contributed by atoms with Crippen molar-refractivity contribution in [2.24, 2.45) is 17.3 Å². The molecule has 2 rings (SSSR count). The van der Waals surface area contributed by atoms with Gasteiger partial charge in [0, 0.05) is 18.6 Å². The van der Waals surface area contributed by atoms with Crippen LogP contribution in [0.1, 0.15) is 53.9 Å². The highest BCUT2D eigenvalue weighted by Crippen LogP contribution is 2.51. The van der Waals surface area contributed by atoms with Crippen LogP contribution in [0, 0.1) is 17.3 Å². The van der Waals surface area contributed by atoms with E-state index in [1.54, 1.807) is 0 Å². The molecule has 0 N–H and O–H groups in total. The van der Waals surface area contributed by atoms with Gasteiger partial charge in [0.05, 0.1) is 0 Å². The molecular formula is C14H27N. The van der Waals surface area contributed by atoms with Gasteiger partial charge < -0.3 is 0 Å². The number of nitrogens with zero attached hydrogens (tertiary/aromatic N) is 1. The van der Waals surface area contributed by atoms with Crippen molar-refractivity contribution >= 4 is 0 Å². The molecule has 0 radical (unpaired) electrons. The Morgan fingerprint density at radius 2 is 1.80 bits per heavy atom. The summed E-state index contributed by atoms with van der Waals surface area (Å²) in [5.41, 5.74) is 1.11. The summed E-state index contributed by atoms with van der Waals surface area (Å²) in [5.74, 6) is 1.90. The molecule has 1 nitrogen and oxygen atoms in total. The Bertz CT molecular complexity index is 230. The summed E-state index contributed by atoms with van der Waals surface area (Å²) in [6.07, 6.45) is 4.47. The van der Waals surface area contributed by atoms with E-state index < -0.39 is 0 Å². The van der Waals surface area contributed by atoms with E-state index in [2.05, 4.69) is 39.5 Å². The van der Waals surface area contributed by atoms with Crippen LogP contribution in [0.4, 0.5) is 0 Å². The average Bonchev–Trinajstić information content (AvgIpc) is 2.42. The average molecular weight is 209 g/mol. The van der Waals surface area contributed by atoms with Gasteiger partial charge in [-0.25, -0.2) is 0 Å². The Labute approximate surface area is 95.2 Å². The molecule has 2 fully saturated rings. The summed E-state index contributed by atoms with van der Waals surface area (Å²) in [6.45, 7) is 14.5. The van der Waals surface area contributed by atoms with Gasteiger partial charge in [-0.3, -0.25) is 4.90 Å². The minimum atomic E-state index is 0.390. The van der Waals surface area contributed by atoms with Gasteiger partial charge in [0.2, 0.25) is 0 Å². The molecule has 1 saturated heterocycles. The quantitative estimate of drug-likeness (QED) is 0.638. The second-order valence-electron chi connectivity index (χ2n) is 7.27. The number of likely N-dealkylation sites (tertiary alicyclic amines) is 1. The van der Waals surface area contributed by atoms with Crippen LogP contribution in [-0.4, -0.2) is 23.5 Å². The van der Waals surface area contributed by atoms with Gasteiger partial charge in [-0.15, -0.1) is 0 Å². The molecule has 1 aliphatic carbocycles. The van der Waals surface area contributed by atoms with Crippen molar-refractivity contribution in [1.82, 2.24) is 4.90 Å². The molecule has 0 bridgehead atoms. The van der Waals surface area contributed by atoms with Crippen LogP contribution in [-0.2, 0) is 0 Å². The summed E-state index contributed by atoms with van der Waals surface area (Å²) < 4.78 is 0. The predicted molar refractivity (Wildman–Crippen MR) is 65.9 cm³/mol. The first kappa shape index (κ1) is 11.4. The Morgan fingerprint density at radius 3 is 2.20 bits per heavy atom. The van der Waals surface area contributed by atoms with E-state index >= 15 is 0 Å². The maximum absolute atomic E-state index is 2.65. The Hall–Kier alpha value is -0.0400. The van der Waals surface area contributed by atoms with E-state index in [0.717, 1.165) is 17.3 Å². The van der Waals surface area contributed by atoms with E-state index in [9.17, 15) is 0 Å². The molecule has 0 aromatic heterocycles. The fraction of sp³-hybridized carbons (Fsp3) is 1.00. The normalized spacial score (nSPS) is 31.2. The van der Waals surface area contributed by atoms with Crippen LogP contribution in [0.3, 0.4) is 0 Å². The fourth-order valence-corrected chi connectivity index (χ4v) is 3.35. The summed E-state index contributed by atoms with van der Waals surface area (Å²) in [6, 6.07) is 0. The molecule has 1 heterocycles. The van der Waals surface area contributed by atoms with Gasteiger partial charge in [-0.2, -0.15) is 0 Å². The minimum Gasteiger partial charge on any atom is -0.297 e. The van der Waals surface area contributed by atoms with Crippen LogP contribution in [0.25, 0.3) is 0 Å². The molecule has 0 aromatic rings. The molecule has 88 valence electrons. The van der Waals surface area contributed by atoms with Crippen LogP contribution >= 0.6 is 0 Å². The first-order chi connectivity index (χ1) is 6.82. The van der Waals surface area contributed by atoms with Crippen molar-refractivity contribution in [1.29, 1.82) is 0 Å². The molecule has 1 spiro atoms. The molecule has 1 saturated carbocycles. The van der Waals surface area contributed by atoms with Crippen molar-refractivity contribution in [3.05, 3.63) is 0 Å². The summed E-state index contributed by atoms with van der Waals surface area (Å²) >= 11 is 0. The fourth-order valence-electron chi connectivity index (χ4n) is 3.35. The topological polar surface area (TPSA) is 3.24 Å². The zero-order chi connectivity index (χ0) is 11.3. The third kappa shape index (κ3) is 2.08. The summed E-state index contributed by atoms with van der Waals surface area (Å²) in [4.78, 5) is 2.65. The maximum atomic E-state index is 2.65. The Kier molecular flexibility index (Phi) is 2.65. The monoisotopic (exact) mass is 209 g/mol. The zero-order valence-electron chi connectivity index (χ0n) is 11.1. The Balaban J connectivity index is 1.89. The molecule has 0 amide bonds. The second kappa shape index (κ2) is 3.48. The molecule has 1 heteroatoms. The van der Waals surface area contributed by atoms with Crippen molar-refractivity contribution < 1.29 is 0 Å². The van der Waals surface area contributed by atoms with E-state index in [4.69, 9.17) is 0 Å². The van der Waals surface area contributed by atoms with Gasteiger partial charge in [-0.05, 0) is 57.3 Å². The Morgan fingerprint density at radius 1 is 1.20 bits per heavy atom. The van der Waals surface area contributed by atoms with Crippen LogP contribution in [0.2, 0.25) is 0 Å². The highest BCUT2D eigenvalue weighted by atomic mass is 15.3. The van der Waals surface area contributed by atoms with E-state index in [-0.39, 0.29) is 0 Å². The first-order valence-electron chi connectivity index (χ1n) is 6.57. The largest absolute Gasteiger partial charge is 0.297 e. The van der Waals surface area contributed by atoms with E-state index in [1.165, 1.54) is 32.4 Å². The maximum Gasteiger partial charge on any atom is 0.0125 e. The number of rotatable bonds is 1. The van der Waals surface area contributed by atoms with E-state index in [1.807, 2.05) is 0 Å². The van der Waals surface area contributed by atoms with Crippen LogP contribution < -0.4 is 0 Å². The number of hydrogen-bond acceptors (Lipinski definition) is 1. The smallest absolute Gasteiger partial charge is 0.0125 e. The highest BCUT2D eigenvalue weighted by Gasteiger charge is 2.50. The molecule has 1 atom stereocenters. The number of hydrogen-bond donors (Lipinski definition) is 0.